The smallest absolute Gasteiger partial charge is 0.312 e. The maximum atomic E-state index is 12.4. The topological polar surface area (TPSA) is 46.5 Å². The van der Waals surface area contributed by atoms with Gasteiger partial charge in [-0.2, -0.15) is 0 Å². The summed E-state index contributed by atoms with van der Waals surface area (Å²) in [6, 6.07) is 0. The molecule has 1 N–H and O–H groups in total. The van der Waals surface area contributed by atoms with Crippen molar-refractivity contribution in [2.45, 2.75) is 31.8 Å². The minimum absolute atomic E-state index is 0.101. The largest absolute Gasteiger partial charge is 0.481 e. The van der Waals surface area contributed by atoms with E-state index in [-0.39, 0.29) is 12.5 Å². The van der Waals surface area contributed by atoms with Gasteiger partial charge in [0.1, 0.15) is 0 Å². The zero-order chi connectivity index (χ0) is 10.2. The molecule has 0 aromatic heterocycles. The summed E-state index contributed by atoms with van der Waals surface area (Å²) >= 11 is 0. The summed E-state index contributed by atoms with van der Waals surface area (Å²) in [6.07, 6.45) is 2.39. The van der Waals surface area contributed by atoms with Gasteiger partial charge in [-0.25, -0.2) is 0 Å². The predicted molar refractivity (Wildman–Crippen MR) is 47.7 cm³/mol. The summed E-state index contributed by atoms with van der Waals surface area (Å²) in [5.74, 6) is -0.523. The van der Waals surface area contributed by atoms with E-state index in [1.165, 1.54) is 0 Å². The molecule has 1 heterocycles. The van der Waals surface area contributed by atoms with Crippen molar-refractivity contribution in [1.29, 1.82) is 0 Å². The zero-order valence-electron chi connectivity index (χ0n) is 8.04. The van der Waals surface area contributed by atoms with Gasteiger partial charge in [-0.1, -0.05) is 0 Å². The van der Waals surface area contributed by atoms with Crippen LogP contribution in [0.5, 0.6) is 0 Å². The van der Waals surface area contributed by atoms with Crippen molar-refractivity contribution >= 4 is 5.97 Å². The standard InChI is InChI=1S/C10H15FO3/c11-5-3-10(9(12)13)4-6-14-8(10)7-1-2-7/h7-8H,1-6H2,(H,12,13). The van der Waals surface area contributed by atoms with Gasteiger partial charge in [-0.15, -0.1) is 0 Å². The maximum Gasteiger partial charge on any atom is 0.312 e. The molecule has 2 unspecified atom stereocenters. The van der Waals surface area contributed by atoms with Crippen LogP contribution in [0.1, 0.15) is 25.7 Å². The molecule has 2 fully saturated rings. The number of alkyl halides is 1. The van der Waals surface area contributed by atoms with Crippen LogP contribution in [0.2, 0.25) is 0 Å². The fraction of sp³-hybridized carbons (Fsp3) is 0.900. The average Bonchev–Trinajstić information content (AvgIpc) is 2.89. The van der Waals surface area contributed by atoms with E-state index in [9.17, 15) is 14.3 Å². The van der Waals surface area contributed by atoms with E-state index in [0.717, 1.165) is 12.8 Å². The molecule has 0 aromatic carbocycles. The summed E-state index contributed by atoms with van der Waals surface area (Å²) < 4.78 is 17.8. The quantitative estimate of drug-likeness (QED) is 0.753. The Morgan fingerprint density at radius 1 is 1.57 bits per heavy atom. The van der Waals surface area contributed by atoms with Crippen LogP contribution in [0, 0.1) is 11.3 Å². The van der Waals surface area contributed by atoms with Gasteiger partial charge in [0.2, 0.25) is 0 Å². The van der Waals surface area contributed by atoms with Gasteiger partial charge in [0, 0.05) is 6.61 Å². The molecule has 1 saturated carbocycles. The first kappa shape index (κ1) is 9.90. The lowest BCUT2D eigenvalue weighted by Crippen LogP contribution is -2.40. The highest BCUT2D eigenvalue weighted by Crippen LogP contribution is 2.49. The van der Waals surface area contributed by atoms with Crippen LogP contribution in [0.25, 0.3) is 0 Å². The van der Waals surface area contributed by atoms with Gasteiger partial charge in [-0.05, 0) is 31.6 Å². The summed E-state index contributed by atoms with van der Waals surface area (Å²) in [5, 5.41) is 9.20. The number of carboxylic acid groups (broad SMARTS) is 1. The molecule has 2 rings (SSSR count). The molecule has 1 aliphatic carbocycles. The fourth-order valence-electron chi connectivity index (χ4n) is 2.43. The van der Waals surface area contributed by atoms with E-state index in [4.69, 9.17) is 4.74 Å². The first-order valence-electron chi connectivity index (χ1n) is 5.11. The molecule has 3 nitrogen and oxygen atoms in total. The Balaban J connectivity index is 2.17. The van der Waals surface area contributed by atoms with Crippen molar-refractivity contribution in [2.24, 2.45) is 11.3 Å². The normalized spacial score (nSPS) is 37.4. The van der Waals surface area contributed by atoms with E-state index in [1.54, 1.807) is 0 Å². The van der Waals surface area contributed by atoms with Gasteiger partial charge < -0.3 is 9.84 Å². The number of hydrogen-bond donors (Lipinski definition) is 1. The third kappa shape index (κ3) is 1.41. The number of carboxylic acids is 1. The predicted octanol–water partition coefficient (Wildman–Crippen LogP) is 1.62. The van der Waals surface area contributed by atoms with Gasteiger partial charge in [0.25, 0.3) is 0 Å². The minimum Gasteiger partial charge on any atom is -0.481 e. The number of hydrogen-bond acceptors (Lipinski definition) is 2. The third-order valence-electron chi connectivity index (χ3n) is 3.41. The first-order valence-corrected chi connectivity index (χ1v) is 5.11. The van der Waals surface area contributed by atoms with E-state index in [1.807, 2.05) is 0 Å². The molecule has 0 spiro atoms. The van der Waals surface area contributed by atoms with E-state index >= 15 is 0 Å². The molecular formula is C10H15FO3. The van der Waals surface area contributed by atoms with Crippen molar-refractivity contribution in [2.75, 3.05) is 13.3 Å². The van der Waals surface area contributed by atoms with Crippen LogP contribution in [-0.2, 0) is 9.53 Å². The second kappa shape index (κ2) is 3.50. The second-order valence-corrected chi connectivity index (χ2v) is 4.28. The molecule has 2 aliphatic rings. The zero-order valence-corrected chi connectivity index (χ0v) is 8.04. The Labute approximate surface area is 82.2 Å². The molecule has 80 valence electrons. The second-order valence-electron chi connectivity index (χ2n) is 4.28. The van der Waals surface area contributed by atoms with Crippen LogP contribution in [0.4, 0.5) is 4.39 Å². The number of rotatable bonds is 4. The number of aliphatic carboxylic acids is 1. The third-order valence-corrected chi connectivity index (χ3v) is 3.41. The summed E-state index contributed by atoms with van der Waals surface area (Å²) in [5.41, 5.74) is -0.935. The minimum atomic E-state index is -0.935. The molecule has 1 saturated heterocycles. The number of ether oxygens (including phenoxy) is 1. The van der Waals surface area contributed by atoms with Crippen LogP contribution in [0.15, 0.2) is 0 Å². The monoisotopic (exact) mass is 202 g/mol. The van der Waals surface area contributed by atoms with Gasteiger partial charge in [0.05, 0.1) is 18.2 Å². The van der Waals surface area contributed by atoms with Gasteiger partial charge in [-0.3, -0.25) is 9.18 Å². The number of carbonyl (C=O) groups is 1. The molecule has 0 bridgehead atoms. The molecule has 0 aromatic rings. The summed E-state index contributed by atoms with van der Waals surface area (Å²) in [7, 11) is 0. The first-order chi connectivity index (χ1) is 6.70. The Hall–Kier alpha value is -0.640. The molecule has 2 atom stereocenters. The van der Waals surface area contributed by atoms with Crippen molar-refractivity contribution in [3.8, 4) is 0 Å². The molecule has 0 amide bonds. The molecule has 0 radical (unpaired) electrons. The Morgan fingerprint density at radius 3 is 2.79 bits per heavy atom. The van der Waals surface area contributed by atoms with Crippen molar-refractivity contribution in [1.82, 2.24) is 0 Å². The molecule has 1 aliphatic heterocycles. The Kier molecular flexibility index (Phi) is 2.47. The summed E-state index contributed by atoms with van der Waals surface area (Å²) in [4.78, 5) is 11.2. The van der Waals surface area contributed by atoms with Gasteiger partial charge >= 0.3 is 5.97 Å². The van der Waals surface area contributed by atoms with Crippen molar-refractivity contribution in [3.63, 3.8) is 0 Å². The lowest BCUT2D eigenvalue weighted by Gasteiger charge is -2.28. The van der Waals surface area contributed by atoms with Crippen LogP contribution < -0.4 is 0 Å². The lowest BCUT2D eigenvalue weighted by molar-refractivity contribution is -0.154. The highest BCUT2D eigenvalue weighted by Gasteiger charge is 2.55. The average molecular weight is 202 g/mol. The van der Waals surface area contributed by atoms with Crippen molar-refractivity contribution < 1.29 is 19.0 Å². The fourth-order valence-corrected chi connectivity index (χ4v) is 2.43. The molecule has 4 heteroatoms. The molecule has 14 heavy (non-hydrogen) atoms. The Morgan fingerprint density at radius 2 is 2.29 bits per heavy atom. The van der Waals surface area contributed by atoms with Crippen molar-refractivity contribution in [3.05, 3.63) is 0 Å². The Bertz CT molecular complexity index is 240. The highest BCUT2D eigenvalue weighted by molar-refractivity contribution is 5.76. The van der Waals surface area contributed by atoms with E-state index < -0.39 is 18.1 Å². The highest BCUT2D eigenvalue weighted by atomic mass is 19.1. The van der Waals surface area contributed by atoms with Gasteiger partial charge in [0.15, 0.2) is 0 Å². The van der Waals surface area contributed by atoms with E-state index in [2.05, 4.69) is 0 Å². The SMILES string of the molecule is O=C(O)C1(CCF)CCOC1C1CC1. The van der Waals surface area contributed by atoms with Crippen LogP contribution in [-0.4, -0.2) is 30.5 Å². The maximum absolute atomic E-state index is 12.4. The number of halogens is 1. The van der Waals surface area contributed by atoms with Crippen LogP contribution in [0.3, 0.4) is 0 Å². The molecular weight excluding hydrogens is 187 g/mol. The summed E-state index contributed by atoms with van der Waals surface area (Å²) in [6.45, 7) is -0.105. The van der Waals surface area contributed by atoms with E-state index in [0.29, 0.717) is 18.9 Å². The lowest BCUT2D eigenvalue weighted by atomic mass is 9.76. The van der Waals surface area contributed by atoms with Crippen LogP contribution >= 0.6 is 0 Å².